The van der Waals surface area contributed by atoms with Gasteiger partial charge in [-0.3, -0.25) is 4.79 Å². The molecule has 3 aromatic rings. The van der Waals surface area contributed by atoms with E-state index in [-0.39, 0.29) is 11.7 Å². The molecule has 8 heteroatoms. The maximum Gasteiger partial charge on any atom is 0.270 e. The zero-order valence-electron chi connectivity index (χ0n) is 13.1. The van der Waals surface area contributed by atoms with Gasteiger partial charge < -0.3 is 14.6 Å². The summed E-state index contributed by atoms with van der Waals surface area (Å²) in [5.41, 5.74) is 1.26. The summed E-state index contributed by atoms with van der Waals surface area (Å²) in [7, 11) is 0. The van der Waals surface area contributed by atoms with Crippen LogP contribution in [0.5, 0.6) is 0 Å². The fraction of sp³-hybridized carbons (Fsp3) is 0.235. The minimum Gasteiger partial charge on any atom is -0.368 e. The number of amides is 1. The van der Waals surface area contributed by atoms with Crippen LogP contribution < -0.4 is 5.32 Å². The Morgan fingerprint density at radius 3 is 2.88 bits per heavy atom. The van der Waals surface area contributed by atoms with Gasteiger partial charge in [0.25, 0.3) is 11.8 Å². The molecule has 1 fully saturated rings. The van der Waals surface area contributed by atoms with Gasteiger partial charge in [0.1, 0.15) is 16.8 Å². The zero-order chi connectivity index (χ0) is 17.2. The third-order valence-electron chi connectivity index (χ3n) is 3.87. The zero-order valence-corrected chi connectivity index (χ0v) is 13.9. The molecule has 0 unspecified atom stereocenters. The standard InChI is InChI=1S/C17H14FN3O3S/c18-11-5-3-10(4-6-11)15-20-17(24-21-15)14-12(7-9-25-14)19-16(22)13-2-1-8-23-13/h3-7,9,13H,1-2,8H2,(H,19,22)/t13-/m1/s1. The predicted octanol–water partition coefficient (Wildman–Crippen LogP) is 3.72. The summed E-state index contributed by atoms with van der Waals surface area (Å²) in [5.74, 6) is 0.164. The summed E-state index contributed by atoms with van der Waals surface area (Å²) in [5, 5.41) is 8.62. The first-order valence-corrected chi connectivity index (χ1v) is 8.68. The molecular weight excluding hydrogens is 345 g/mol. The highest BCUT2D eigenvalue weighted by molar-refractivity contribution is 7.14. The lowest BCUT2D eigenvalue weighted by molar-refractivity contribution is -0.124. The van der Waals surface area contributed by atoms with Crippen LogP contribution in [0.4, 0.5) is 10.1 Å². The quantitative estimate of drug-likeness (QED) is 0.768. The fourth-order valence-corrected chi connectivity index (χ4v) is 3.37. The van der Waals surface area contributed by atoms with Crippen molar-refractivity contribution in [2.24, 2.45) is 0 Å². The van der Waals surface area contributed by atoms with Gasteiger partial charge in [-0.05, 0) is 48.6 Å². The van der Waals surface area contributed by atoms with Gasteiger partial charge in [0, 0.05) is 12.2 Å². The minimum absolute atomic E-state index is 0.171. The molecule has 0 saturated carbocycles. The van der Waals surface area contributed by atoms with E-state index in [1.54, 1.807) is 18.2 Å². The first-order chi connectivity index (χ1) is 12.2. The van der Waals surface area contributed by atoms with Crippen LogP contribution in [0, 0.1) is 5.82 Å². The Morgan fingerprint density at radius 1 is 1.28 bits per heavy atom. The summed E-state index contributed by atoms with van der Waals surface area (Å²) < 4.78 is 23.7. The highest BCUT2D eigenvalue weighted by Gasteiger charge is 2.25. The number of aromatic nitrogens is 2. The molecule has 3 heterocycles. The van der Waals surface area contributed by atoms with Gasteiger partial charge in [-0.25, -0.2) is 4.39 Å². The third-order valence-corrected chi connectivity index (χ3v) is 4.77. The molecule has 1 saturated heterocycles. The number of carbonyl (C=O) groups excluding carboxylic acids is 1. The van der Waals surface area contributed by atoms with Crippen molar-refractivity contribution in [3.05, 3.63) is 41.5 Å². The number of benzene rings is 1. The van der Waals surface area contributed by atoms with Crippen LogP contribution in [0.2, 0.25) is 0 Å². The van der Waals surface area contributed by atoms with E-state index in [1.165, 1.54) is 23.5 Å². The number of carbonyl (C=O) groups is 1. The number of halogens is 1. The van der Waals surface area contributed by atoms with E-state index in [0.717, 1.165) is 12.8 Å². The van der Waals surface area contributed by atoms with E-state index in [9.17, 15) is 9.18 Å². The highest BCUT2D eigenvalue weighted by Crippen LogP contribution is 2.34. The molecule has 1 amide bonds. The van der Waals surface area contributed by atoms with Crippen molar-refractivity contribution < 1.29 is 18.4 Å². The Bertz CT molecular complexity index is 885. The molecule has 1 atom stereocenters. The molecule has 1 aromatic carbocycles. The maximum absolute atomic E-state index is 13.0. The van der Waals surface area contributed by atoms with Gasteiger partial charge >= 0.3 is 0 Å². The van der Waals surface area contributed by atoms with E-state index < -0.39 is 6.10 Å². The van der Waals surface area contributed by atoms with Gasteiger partial charge in [0.05, 0.1) is 5.69 Å². The van der Waals surface area contributed by atoms with Crippen LogP contribution in [-0.2, 0) is 9.53 Å². The number of hydrogen-bond acceptors (Lipinski definition) is 6. The molecule has 0 spiro atoms. The summed E-state index contributed by atoms with van der Waals surface area (Å²) in [6.45, 7) is 0.610. The second-order valence-corrected chi connectivity index (χ2v) is 6.50. The van der Waals surface area contributed by atoms with Gasteiger partial charge in [0.15, 0.2) is 0 Å². The molecule has 128 valence electrons. The summed E-state index contributed by atoms with van der Waals surface area (Å²) >= 11 is 1.39. The second-order valence-electron chi connectivity index (χ2n) is 5.58. The van der Waals surface area contributed by atoms with Gasteiger partial charge in [0.2, 0.25) is 5.82 Å². The SMILES string of the molecule is O=C(Nc1ccsc1-c1nc(-c2ccc(F)cc2)no1)[C@H]1CCCO1. The minimum atomic E-state index is -0.412. The maximum atomic E-state index is 13.0. The van der Waals surface area contributed by atoms with Crippen molar-refractivity contribution in [1.82, 2.24) is 10.1 Å². The number of ether oxygens (including phenoxy) is 1. The van der Waals surface area contributed by atoms with E-state index >= 15 is 0 Å². The lowest BCUT2D eigenvalue weighted by Gasteiger charge is -2.09. The first kappa shape index (κ1) is 15.9. The number of nitrogens with one attached hydrogen (secondary N) is 1. The van der Waals surface area contributed by atoms with Crippen LogP contribution in [0.15, 0.2) is 40.2 Å². The van der Waals surface area contributed by atoms with Crippen molar-refractivity contribution >= 4 is 22.9 Å². The molecule has 6 nitrogen and oxygen atoms in total. The molecule has 1 aliphatic heterocycles. The molecule has 0 radical (unpaired) electrons. The first-order valence-electron chi connectivity index (χ1n) is 7.81. The summed E-state index contributed by atoms with van der Waals surface area (Å²) in [6.07, 6.45) is 1.20. The molecule has 1 aliphatic rings. The molecular formula is C17H14FN3O3S. The van der Waals surface area contributed by atoms with E-state index in [0.29, 0.717) is 34.4 Å². The predicted molar refractivity (Wildman–Crippen MR) is 90.6 cm³/mol. The monoisotopic (exact) mass is 359 g/mol. The topological polar surface area (TPSA) is 77.3 Å². The van der Waals surface area contributed by atoms with Crippen LogP contribution in [-0.4, -0.2) is 28.8 Å². The number of hydrogen-bond donors (Lipinski definition) is 1. The number of nitrogens with zero attached hydrogens (tertiary/aromatic N) is 2. The fourth-order valence-electron chi connectivity index (χ4n) is 2.60. The van der Waals surface area contributed by atoms with Crippen molar-refractivity contribution in [2.45, 2.75) is 18.9 Å². The normalized spacial score (nSPS) is 16.9. The smallest absolute Gasteiger partial charge is 0.270 e. The summed E-state index contributed by atoms with van der Waals surface area (Å²) in [4.78, 5) is 17.2. The van der Waals surface area contributed by atoms with E-state index in [2.05, 4.69) is 15.5 Å². The number of anilines is 1. The van der Waals surface area contributed by atoms with Gasteiger partial charge in [-0.2, -0.15) is 4.98 Å². The Balaban J connectivity index is 1.56. The van der Waals surface area contributed by atoms with E-state index in [1.807, 2.05) is 5.38 Å². The van der Waals surface area contributed by atoms with Crippen molar-refractivity contribution in [3.63, 3.8) is 0 Å². The van der Waals surface area contributed by atoms with Crippen LogP contribution in [0.1, 0.15) is 12.8 Å². The van der Waals surface area contributed by atoms with Crippen LogP contribution in [0.25, 0.3) is 22.2 Å². The summed E-state index contributed by atoms with van der Waals surface area (Å²) in [6, 6.07) is 7.62. The van der Waals surface area contributed by atoms with Crippen LogP contribution in [0.3, 0.4) is 0 Å². The Kier molecular flexibility index (Phi) is 4.29. The average molecular weight is 359 g/mol. The number of thiophene rings is 1. The Morgan fingerprint density at radius 2 is 2.12 bits per heavy atom. The molecule has 1 N–H and O–H groups in total. The second kappa shape index (κ2) is 6.73. The number of rotatable bonds is 4. The molecule has 0 bridgehead atoms. The van der Waals surface area contributed by atoms with Crippen molar-refractivity contribution in [1.29, 1.82) is 0 Å². The third kappa shape index (κ3) is 3.31. The van der Waals surface area contributed by atoms with Gasteiger partial charge in [-0.1, -0.05) is 5.16 Å². The van der Waals surface area contributed by atoms with Crippen molar-refractivity contribution in [3.8, 4) is 22.2 Å². The van der Waals surface area contributed by atoms with Crippen LogP contribution >= 0.6 is 11.3 Å². The molecule has 4 rings (SSSR count). The van der Waals surface area contributed by atoms with E-state index in [4.69, 9.17) is 9.26 Å². The average Bonchev–Trinajstić information content (AvgIpc) is 3.36. The lowest BCUT2D eigenvalue weighted by atomic mass is 10.2. The Hall–Kier alpha value is -2.58. The lowest BCUT2D eigenvalue weighted by Crippen LogP contribution is -2.26. The van der Waals surface area contributed by atoms with Gasteiger partial charge in [-0.15, -0.1) is 11.3 Å². The molecule has 2 aromatic heterocycles. The molecule has 0 aliphatic carbocycles. The highest BCUT2D eigenvalue weighted by atomic mass is 32.1. The Labute approximate surface area is 146 Å². The van der Waals surface area contributed by atoms with Crippen molar-refractivity contribution in [2.75, 3.05) is 11.9 Å². The molecule has 25 heavy (non-hydrogen) atoms. The largest absolute Gasteiger partial charge is 0.368 e.